The van der Waals surface area contributed by atoms with Gasteiger partial charge in [-0.3, -0.25) is 0 Å². The molecule has 10 aromatic carbocycles. The van der Waals surface area contributed by atoms with E-state index in [4.69, 9.17) is 0 Å². The van der Waals surface area contributed by atoms with Gasteiger partial charge in [-0.2, -0.15) is 0 Å². The topological polar surface area (TPSA) is 0 Å². The van der Waals surface area contributed by atoms with Gasteiger partial charge in [-0.1, -0.05) is 170 Å². The third-order valence-electron chi connectivity index (χ3n) is 12.2. The van der Waals surface area contributed by atoms with Crippen LogP contribution < -0.4 is 0 Å². The van der Waals surface area contributed by atoms with Crippen LogP contribution in [0.25, 0.3) is 87.6 Å². The van der Waals surface area contributed by atoms with Gasteiger partial charge in [-0.15, -0.1) is 0 Å². The number of hydrogen-bond acceptors (Lipinski definition) is 0. The molecule has 1 spiro atoms. The molecule has 0 N–H and O–H groups in total. The predicted molar refractivity (Wildman–Crippen MR) is 224 cm³/mol. The zero-order chi connectivity index (χ0) is 34.7. The van der Waals surface area contributed by atoms with Gasteiger partial charge in [0.2, 0.25) is 0 Å². The number of rotatable bonds is 2. The van der Waals surface area contributed by atoms with Crippen LogP contribution in [0.4, 0.5) is 0 Å². The van der Waals surface area contributed by atoms with Crippen molar-refractivity contribution in [1.82, 2.24) is 0 Å². The minimum atomic E-state index is -0.453. The molecule has 12 rings (SSSR count). The Bertz CT molecular complexity index is 3130. The Morgan fingerprint density at radius 1 is 0.226 bits per heavy atom. The Labute approximate surface area is 308 Å². The molecule has 0 saturated heterocycles. The summed E-state index contributed by atoms with van der Waals surface area (Å²) in [6.07, 6.45) is 0. The molecule has 53 heavy (non-hydrogen) atoms. The minimum absolute atomic E-state index is 0.453. The van der Waals surface area contributed by atoms with E-state index in [2.05, 4.69) is 194 Å². The number of hydrogen-bond donors (Lipinski definition) is 0. The Morgan fingerprint density at radius 2 is 0.660 bits per heavy atom. The SMILES string of the molecule is c1ccc(-c2cc3ccccc3c3ccccc23)c(-c2cc3c(c4ccccc24)-c2cc4ccccc4cc2C32c3ccccc3-c3ccccc32)c1. The molecular formula is C53H32. The summed E-state index contributed by atoms with van der Waals surface area (Å²) >= 11 is 0. The van der Waals surface area contributed by atoms with Gasteiger partial charge >= 0.3 is 0 Å². The second kappa shape index (κ2) is 10.6. The smallest absolute Gasteiger partial charge is 0.0619 e. The highest BCUT2D eigenvalue weighted by Gasteiger charge is 2.52. The van der Waals surface area contributed by atoms with Gasteiger partial charge in [-0.25, -0.2) is 0 Å². The van der Waals surface area contributed by atoms with E-state index < -0.39 is 5.41 Å². The van der Waals surface area contributed by atoms with Crippen molar-refractivity contribution in [3.05, 3.63) is 216 Å². The number of fused-ring (bicyclic) bond motifs is 16. The maximum absolute atomic E-state index is 2.57. The van der Waals surface area contributed by atoms with Crippen molar-refractivity contribution in [3.8, 4) is 44.5 Å². The monoisotopic (exact) mass is 668 g/mol. The fourth-order valence-electron chi connectivity index (χ4n) is 10.1. The average Bonchev–Trinajstić information content (AvgIpc) is 3.69. The van der Waals surface area contributed by atoms with Crippen molar-refractivity contribution >= 4 is 43.1 Å². The van der Waals surface area contributed by atoms with E-state index in [0.29, 0.717) is 0 Å². The van der Waals surface area contributed by atoms with E-state index in [1.54, 1.807) is 0 Å². The summed E-state index contributed by atoms with van der Waals surface area (Å²) in [5, 5.41) is 10.2. The van der Waals surface area contributed by atoms with Gasteiger partial charge in [0.15, 0.2) is 0 Å². The molecule has 0 heteroatoms. The van der Waals surface area contributed by atoms with Gasteiger partial charge in [0.1, 0.15) is 0 Å². The Morgan fingerprint density at radius 3 is 1.32 bits per heavy atom. The van der Waals surface area contributed by atoms with Crippen LogP contribution >= 0.6 is 0 Å². The van der Waals surface area contributed by atoms with Gasteiger partial charge in [0, 0.05) is 0 Å². The van der Waals surface area contributed by atoms with E-state index in [1.807, 2.05) is 0 Å². The zero-order valence-electron chi connectivity index (χ0n) is 29.0. The maximum Gasteiger partial charge on any atom is 0.0726 e. The highest BCUT2D eigenvalue weighted by Crippen LogP contribution is 2.65. The van der Waals surface area contributed by atoms with Crippen LogP contribution in [0.3, 0.4) is 0 Å². The Balaban J connectivity index is 1.24. The predicted octanol–water partition coefficient (Wildman–Crippen LogP) is 14.0. The number of benzene rings is 10. The molecule has 2 aliphatic carbocycles. The summed E-state index contributed by atoms with van der Waals surface area (Å²) in [6, 6.07) is 72.9. The lowest BCUT2D eigenvalue weighted by molar-refractivity contribution is 0.796. The van der Waals surface area contributed by atoms with E-state index in [9.17, 15) is 0 Å². The van der Waals surface area contributed by atoms with Gasteiger partial charge in [-0.05, 0) is 134 Å². The van der Waals surface area contributed by atoms with Crippen LogP contribution in [0.2, 0.25) is 0 Å². The third kappa shape index (κ3) is 3.75. The summed E-state index contributed by atoms with van der Waals surface area (Å²) in [4.78, 5) is 0. The van der Waals surface area contributed by atoms with Crippen LogP contribution in [0.1, 0.15) is 22.3 Å². The largest absolute Gasteiger partial charge is 0.0726 e. The first-order valence-corrected chi connectivity index (χ1v) is 18.6. The molecule has 0 heterocycles. The average molecular weight is 669 g/mol. The summed E-state index contributed by atoms with van der Waals surface area (Å²) < 4.78 is 0. The first-order valence-electron chi connectivity index (χ1n) is 18.6. The highest BCUT2D eigenvalue weighted by molar-refractivity contribution is 6.17. The van der Waals surface area contributed by atoms with Crippen LogP contribution in [0.5, 0.6) is 0 Å². The molecular weight excluding hydrogens is 637 g/mol. The third-order valence-corrected chi connectivity index (χ3v) is 12.2. The summed E-state index contributed by atoms with van der Waals surface area (Å²) in [5.41, 5.74) is 15.4. The van der Waals surface area contributed by atoms with E-state index in [-0.39, 0.29) is 0 Å². The van der Waals surface area contributed by atoms with Gasteiger partial charge in [0.25, 0.3) is 0 Å². The molecule has 0 aliphatic heterocycles. The van der Waals surface area contributed by atoms with Crippen molar-refractivity contribution < 1.29 is 0 Å². The molecule has 0 saturated carbocycles. The van der Waals surface area contributed by atoms with Crippen LogP contribution in [-0.4, -0.2) is 0 Å². The maximum atomic E-state index is 2.57. The normalized spacial score (nSPS) is 13.4. The molecule has 0 bridgehead atoms. The Kier molecular flexibility index (Phi) is 5.80. The van der Waals surface area contributed by atoms with Crippen LogP contribution in [-0.2, 0) is 5.41 Å². The molecule has 0 unspecified atom stereocenters. The fourth-order valence-corrected chi connectivity index (χ4v) is 10.1. The zero-order valence-corrected chi connectivity index (χ0v) is 29.0. The fraction of sp³-hybridized carbons (Fsp3) is 0.0189. The van der Waals surface area contributed by atoms with E-state index in [1.165, 1.54) is 110 Å². The summed E-state index contributed by atoms with van der Waals surface area (Å²) in [6.45, 7) is 0. The molecule has 0 radical (unpaired) electrons. The second-order valence-electron chi connectivity index (χ2n) is 14.7. The Hall–Kier alpha value is -6.76. The molecule has 0 aromatic heterocycles. The first-order chi connectivity index (χ1) is 26.3. The lowest BCUT2D eigenvalue weighted by atomic mass is 9.69. The minimum Gasteiger partial charge on any atom is -0.0619 e. The van der Waals surface area contributed by atoms with Crippen molar-refractivity contribution in [2.45, 2.75) is 5.41 Å². The molecule has 10 aromatic rings. The highest BCUT2D eigenvalue weighted by atomic mass is 14.5. The summed E-state index contributed by atoms with van der Waals surface area (Å²) in [7, 11) is 0. The van der Waals surface area contributed by atoms with Crippen molar-refractivity contribution in [3.63, 3.8) is 0 Å². The van der Waals surface area contributed by atoms with Gasteiger partial charge < -0.3 is 0 Å². The lowest BCUT2D eigenvalue weighted by Gasteiger charge is -2.31. The second-order valence-corrected chi connectivity index (χ2v) is 14.7. The standard InChI is InChI=1S/C53H32/c1-2-16-34-31-50-47(29-33(34)15-1)52-44-26-10-9-23-41(44)46(32-51(52)53(50)48-27-13-11-24-42(48)43-25-12-14-28-49(43)53)40-22-8-7-21-39(40)45-30-35-17-3-4-18-36(35)37-19-5-6-20-38(37)45/h1-32H. The van der Waals surface area contributed by atoms with Crippen molar-refractivity contribution in [1.29, 1.82) is 0 Å². The van der Waals surface area contributed by atoms with Gasteiger partial charge in [0.05, 0.1) is 5.41 Å². The summed E-state index contributed by atoms with van der Waals surface area (Å²) in [5.74, 6) is 0. The lowest BCUT2D eigenvalue weighted by Crippen LogP contribution is -2.26. The van der Waals surface area contributed by atoms with Crippen molar-refractivity contribution in [2.24, 2.45) is 0 Å². The molecule has 0 amide bonds. The molecule has 0 nitrogen and oxygen atoms in total. The molecule has 2 aliphatic rings. The quantitative estimate of drug-likeness (QED) is 0.161. The van der Waals surface area contributed by atoms with Crippen LogP contribution in [0.15, 0.2) is 194 Å². The van der Waals surface area contributed by atoms with Crippen LogP contribution in [0, 0.1) is 0 Å². The van der Waals surface area contributed by atoms with E-state index >= 15 is 0 Å². The molecule has 0 fully saturated rings. The molecule has 0 atom stereocenters. The molecule has 244 valence electrons. The van der Waals surface area contributed by atoms with Crippen molar-refractivity contribution in [2.75, 3.05) is 0 Å². The van der Waals surface area contributed by atoms with E-state index in [0.717, 1.165) is 0 Å². The first kappa shape index (κ1) is 28.9.